The Balaban J connectivity index is 2.05. The SMILES string of the molecule is CCN1CCC(O)(C2=COCC2)C1. The van der Waals surface area contributed by atoms with Crippen LogP contribution in [0.1, 0.15) is 19.8 Å². The summed E-state index contributed by atoms with van der Waals surface area (Å²) in [6.45, 7) is 5.68. The van der Waals surface area contributed by atoms with E-state index in [4.69, 9.17) is 4.74 Å². The lowest BCUT2D eigenvalue weighted by Crippen LogP contribution is -2.34. The average Bonchev–Trinajstić information content (AvgIpc) is 2.72. The highest BCUT2D eigenvalue weighted by atomic mass is 16.5. The smallest absolute Gasteiger partial charge is 0.103 e. The summed E-state index contributed by atoms with van der Waals surface area (Å²) < 4.78 is 5.16. The molecule has 0 bridgehead atoms. The van der Waals surface area contributed by atoms with E-state index in [1.54, 1.807) is 6.26 Å². The number of aliphatic hydroxyl groups is 1. The molecule has 1 unspecified atom stereocenters. The lowest BCUT2D eigenvalue weighted by molar-refractivity contribution is 0.0848. The van der Waals surface area contributed by atoms with E-state index >= 15 is 0 Å². The molecule has 0 amide bonds. The maximum absolute atomic E-state index is 10.3. The van der Waals surface area contributed by atoms with Gasteiger partial charge >= 0.3 is 0 Å². The van der Waals surface area contributed by atoms with E-state index in [-0.39, 0.29) is 0 Å². The molecule has 2 aliphatic heterocycles. The predicted molar refractivity (Wildman–Crippen MR) is 50.3 cm³/mol. The molecule has 0 radical (unpaired) electrons. The Morgan fingerprint density at radius 3 is 3.08 bits per heavy atom. The first-order chi connectivity index (χ1) is 6.24. The van der Waals surface area contributed by atoms with E-state index in [1.807, 2.05) is 0 Å². The summed E-state index contributed by atoms with van der Waals surface area (Å²) in [5, 5.41) is 10.3. The van der Waals surface area contributed by atoms with E-state index in [9.17, 15) is 5.11 Å². The van der Waals surface area contributed by atoms with Crippen LogP contribution in [0.25, 0.3) is 0 Å². The second-order valence-electron chi connectivity index (χ2n) is 3.91. The van der Waals surface area contributed by atoms with Gasteiger partial charge in [-0.15, -0.1) is 0 Å². The van der Waals surface area contributed by atoms with Crippen LogP contribution >= 0.6 is 0 Å². The quantitative estimate of drug-likeness (QED) is 0.685. The fraction of sp³-hybridized carbons (Fsp3) is 0.800. The molecule has 0 spiro atoms. The van der Waals surface area contributed by atoms with Crippen LogP contribution in [-0.4, -0.2) is 41.8 Å². The van der Waals surface area contributed by atoms with Crippen molar-refractivity contribution in [1.29, 1.82) is 0 Å². The van der Waals surface area contributed by atoms with Crippen LogP contribution in [0.2, 0.25) is 0 Å². The number of hydrogen-bond acceptors (Lipinski definition) is 3. The largest absolute Gasteiger partial charge is 0.501 e. The first-order valence-corrected chi connectivity index (χ1v) is 5.00. The molecule has 74 valence electrons. The molecule has 2 heterocycles. The van der Waals surface area contributed by atoms with E-state index in [0.717, 1.165) is 44.7 Å². The van der Waals surface area contributed by atoms with Gasteiger partial charge in [0.15, 0.2) is 0 Å². The Bertz CT molecular complexity index is 227. The molecule has 0 aromatic carbocycles. The molecular weight excluding hydrogens is 166 g/mol. The van der Waals surface area contributed by atoms with Gasteiger partial charge in [0.25, 0.3) is 0 Å². The van der Waals surface area contributed by atoms with Gasteiger partial charge in [0.05, 0.1) is 12.9 Å². The van der Waals surface area contributed by atoms with E-state index in [1.165, 1.54) is 0 Å². The highest BCUT2D eigenvalue weighted by Crippen LogP contribution is 2.32. The molecule has 3 nitrogen and oxygen atoms in total. The summed E-state index contributed by atoms with van der Waals surface area (Å²) in [7, 11) is 0. The van der Waals surface area contributed by atoms with Crippen LogP contribution in [0, 0.1) is 0 Å². The predicted octanol–water partition coefficient (Wildman–Crippen LogP) is 0.747. The third-order valence-corrected chi connectivity index (χ3v) is 3.09. The van der Waals surface area contributed by atoms with Gasteiger partial charge in [0.2, 0.25) is 0 Å². The van der Waals surface area contributed by atoms with Crippen molar-refractivity contribution in [2.75, 3.05) is 26.2 Å². The number of likely N-dealkylation sites (tertiary alicyclic amines) is 1. The molecule has 2 rings (SSSR count). The molecule has 1 fully saturated rings. The molecule has 1 N–H and O–H groups in total. The highest BCUT2D eigenvalue weighted by Gasteiger charge is 2.39. The summed E-state index contributed by atoms with van der Waals surface area (Å²) in [5.74, 6) is 0. The fourth-order valence-corrected chi connectivity index (χ4v) is 2.13. The van der Waals surface area contributed by atoms with E-state index in [0.29, 0.717) is 0 Å². The molecule has 0 aromatic heterocycles. The summed E-state index contributed by atoms with van der Waals surface area (Å²) in [4.78, 5) is 2.28. The summed E-state index contributed by atoms with van der Waals surface area (Å²) in [6, 6.07) is 0. The molecule has 1 atom stereocenters. The zero-order chi connectivity index (χ0) is 9.31. The van der Waals surface area contributed by atoms with Crippen molar-refractivity contribution in [2.45, 2.75) is 25.4 Å². The van der Waals surface area contributed by atoms with Crippen LogP contribution < -0.4 is 0 Å². The maximum Gasteiger partial charge on any atom is 0.103 e. The highest BCUT2D eigenvalue weighted by molar-refractivity contribution is 5.20. The van der Waals surface area contributed by atoms with Gasteiger partial charge in [-0.1, -0.05) is 6.92 Å². The van der Waals surface area contributed by atoms with E-state index < -0.39 is 5.60 Å². The van der Waals surface area contributed by atoms with Crippen molar-refractivity contribution in [1.82, 2.24) is 4.90 Å². The number of β-amino-alcohol motifs (C(OH)–C–C–N with tert-alkyl or cyclic N) is 1. The Hall–Kier alpha value is -0.540. The molecule has 13 heavy (non-hydrogen) atoms. The fourth-order valence-electron chi connectivity index (χ4n) is 2.13. The summed E-state index contributed by atoms with van der Waals surface area (Å²) in [5.41, 5.74) is 0.496. The Labute approximate surface area is 79.0 Å². The third-order valence-electron chi connectivity index (χ3n) is 3.09. The van der Waals surface area contributed by atoms with Gasteiger partial charge < -0.3 is 14.7 Å². The number of nitrogens with zero attached hydrogens (tertiary/aromatic N) is 1. The molecule has 2 aliphatic rings. The zero-order valence-electron chi connectivity index (χ0n) is 8.12. The van der Waals surface area contributed by atoms with Crippen molar-refractivity contribution < 1.29 is 9.84 Å². The molecule has 0 aromatic rings. The molecular formula is C10H17NO2. The number of likely N-dealkylation sites (N-methyl/N-ethyl adjacent to an activating group) is 1. The van der Waals surface area contributed by atoms with Gasteiger partial charge in [-0.2, -0.15) is 0 Å². The molecule has 3 heteroatoms. The lowest BCUT2D eigenvalue weighted by Gasteiger charge is -2.23. The second-order valence-corrected chi connectivity index (χ2v) is 3.91. The van der Waals surface area contributed by atoms with E-state index in [2.05, 4.69) is 11.8 Å². The standard InChI is InChI=1S/C10H17NO2/c1-2-11-5-4-10(12,8-11)9-3-6-13-7-9/h7,12H,2-6,8H2,1H3. The normalized spacial score (nSPS) is 34.8. The van der Waals surface area contributed by atoms with Crippen molar-refractivity contribution >= 4 is 0 Å². The number of rotatable bonds is 2. The number of hydrogen-bond donors (Lipinski definition) is 1. The van der Waals surface area contributed by atoms with Crippen molar-refractivity contribution in [2.24, 2.45) is 0 Å². The minimum absolute atomic E-state index is 0.591. The second kappa shape index (κ2) is 3.31. The first kappa shape index (κ1) is 9.03. The van der Waals surface area contributed by atoms with Gasteiger partial charge in [-0.05, 0) is 13.0 Å². The van der Waals surface area contributed by atoms with Crippen molar-refractivity contribution in [3.63, 3.8) is 0 Å². The lowest BCUT2D eigenvalue weighted by atomic mass is 9.92. The van der Waals surface area contributed by atoms with Crippen LogP contribution in [-0.2, 0) is 4.74 Å². The van der Waals surface area contributed by atoms with Crippen LogP contribution in [0.5, 0.6) is 0 Å². The first-order valence-electron chi connectivity index (χ1n) is 5.00. The molecule has 0 saturated carbocycles. The zero-order valence-corrected chi connectivity index (χ0v) is 8.12. The average molecular weight is 183 g/mol. The van der Waals surface area contributed by atoms with Crippen molar-refractivity contribution in [3.05, 3.63) is 11.8 Å². The summed E-state index contributed by atoms with van der Waals surface area (Å²) in [6.07, 6.45) is 3.50. The Morgan fingerprint density at radius 2 is 2.54 bits per heavy atom. The van der Waals surface area contributed by atoms with Gasteiger partial charge in [0.1, 0.15) is 5.60 Å². The molecule has 0 aliphatic carbocycles. The number of ether oxygens (including phenoxy) is 1. The minimum atomic E-state index is -0.591. The van der Waals surface area contributed by atoms with Crippen molar-refractivity contribution in [3.8, 4) is 0 Å². The van der Waals surface area contributed by atoms with Gasteiger partial charge in [0, 0.05) is 25.1 Å². The summed E-state index contributed by atoms with van der Waals surface area (Å²) >= 11 is 0. The minimum Gasteiger partial charge on any atom is -0.501 e. The Kier molecular flexibility index (Phi) is 2.30. The van der Waals surface area contributed by atoms with Crippen LogP contribution in [0.4, 0.5) is 0 Å². The topological polar surface area (TPSA) is 32.7 Å². The Morgan fingerprint density at radius 1 is 1.69 bits per heavy atom. The van der Waals surface area contributed by atoms with Gasteiger partial charge in [-0.3, -0.25) is 0 Å². The van der Waals surface area contributed by atoms with Gasteiger partial charge in [-0.25, -0.2) is 0 Å². The third kappa shape index (κ3) is 1.58. The van der Waals surface area contributed by atoms with Crippen LogP contribution in [0.15, 0.2) is 11.8 Å². The monoisotopic (exact) mass is 183 g/mol. The maximum atomic E-state index is 10.3. The molecule has 1 saturated heterocycles. The van der Waals surface area contributed by atoms with Crippen LogP contribution in [0.3, 0.4) is 0 Å².